The molecule has 0 aromatic carbocycles. The van der Waals surface area contributed by atoms with E-state index in [4.69, 9.17) is 9.31 Å². The average molecular weight is 282 g/mol. The predicted octanol–water partition coefficient (Wildman–Crippen LogP) is 2.62. The number of hydrogen-bond donors (Lipinski definition) is 0. The highest BCUT2D eigenvalue weighted by Crippen LogP contribution is 2.42. The molecule has 3 aliphatic heterocycles. The van der Waals surface area contributed by atoms with Crippen LogP contribution in [0.1, 0.15) is 53.4 Å². The van der Waals surface area contributed by atoms with Crippen LogP contribution >= 0.6 is 0 Å². The number of fused-ring (bicyclic) bond motifs is 2. The predicted molar refractivity (Wildman–Crippen MR) is 78.4 cm³/mol. The normalized spacial score (nSPS) is 40.1. The van der Waals surface area contributed by atoms with E-state index >= 15 is 0 Å². The van der Waals surface area contributed by atoms with E-state index in [1.807, 2.05) is 0 Å². The van der Waals surface area contributed by atoms with Gasteiger partial charge in [0.25, 0.3) is 0 Å². The average Bonchev–Trinajstić information content (AvgIpc) is 2.47. The molecule has 2 bridgehead atoms. The number of allylic oxidation sites excluding steroid dienone is 1. The molecular formula is C14H23BO3S. The van der Waals surface area contributed by atoms with Gasteiger partial charge in [0.15, 0.2) is 0 Å². The van der Waals surface area contributed by atoms with Crippen LogP contribution in [-0.4, -0.2) is 33.0 Å². The third kappa shape index (κ3) is 2.24. The zero-order chi connectivity index (χ0) is 13.8. The molecule has 0 aliphatic carbocycles. The van der Waals surface area contributed by atoms with Crippen LogP contribution in [-0.2, 0) is 20.1 Å². The van der Waals surface area contributed by atoms with Crippen LogP contribution in [0.25, 0.3) is 0 Å². The first-order chi connectivity index (χ1) is 8.80. The van der Waals surface area contributed by atoms with E-state index in [1.165, 1.54) is 11.9 Å². The Bertz CT molecular complexity index is 428. The largest absolute Gasteiger partial charge is 0.490 e. The van der Waals surface area contributed by atoms with Crippen LogP contribution in [0.2, 0.25) is 0 Å². The molecule has 0 N–H and O–H groups in total. The van der Waals surface area contributed by atoms with E-state index in [0.717, 1.165) is 19.3 Å². The Labute approximate surface area is 118 Å². The smallest absolute Gasteiger partial charge is 0.400 e. The van der Waals surface area contributed by atoms with Gasteiger partial charge in [0.05, 0.1) is 16.5 Å². The van der Waals surface area contributed by atoms with Crippen molar-refractivity contribution in [3.63, 3.8) is 0 Å². The molecule has 3 aliphatic rings. The van der Waals surface area contributed by atoms with Crippen LogP contribution < -0.4 is 0 Å². The van der Waals surface area contributed by atoms with Gasteiger partial charge in [-0.3, -0.25) is 4.21 Å². The molecule has 0 amide bonds. The monoisotopic (exact) mass is 282 g/mol. The minimum Gasteiger partial charge on any atom is -0.400 e. The van der Waals surface area contributed by atoms with Gasteiger partial charge < -0.3 is 9.31 Å². The summed E-state index contributed by atoms with van der Waals surface area (Å²) in [5, 5.41) is 0.541. The molecule has 0 aromatic rings. The van der Waals surface area contributed by atoms with Gasteiger partial charge in [-0.25, -0.2) is 0 Å². The highest BCUT2D eigenvalue weighted by atomic mass is 32.2. The van der Waals surface area contributed by atoms with Crippen LogP contribution in [0.4, 0.5) is 0 Å². The van der Waals surface area contributed by atoms with Crippen molar-refractivity contribution in [1.82, 2.24) is 0 Å². The third-order valence-electron chi connectivity index (χ3n) is 5.06. The molecule has 106 valence electrons. The van der Waals surface area contributed by atoms with Crippen LogP contribution in [0, 0.1) is 0 Å². The fourth-order valence-corrected chi connectivity index (χ4v) is 5.06. The molecule has 2 fully saturated rings. The van der Waals surface area contributed by atoms with Crippen LogP contribution in [0.15, 0.2) is 11.5 Å². The van der Waals surface area contributed by atoms with E-state index in [2.05, 4.69) is 33.8 Å². The van der Waals surface area contributed by atoms with Gasteiger partial charge in [-0.1, -0.05) is 12.5 Å². The zero-order valence-electron chi connectivity index (χ0n) is 12.3. The summed E-state index contributed by atoms with van der Waals surface area (Å²) >= 11 is 0. The number of rotatable bonds is 1. The Kier molecular flexibility index (Phi) is 3.23. The maximum atomic E-state index is 12.2. The lowest BCUT2D eigenvalue weighted by Crippen LogP contribution is -2.41. The molecule has 3 unspecified atom stereocenters. The quantitative estimate of drug-likeness (QED) is 0.693. The SMILES string of the molecule is CC1(C)OB(C2=CC3CCCC(C2)S3=O)OC1(C)C. The topological polar surface area (TPSA) is 35.5 Å². The molecule has 2 saturated heterocycles. The fraction of sp³-hybridized carbons (Fsp3) is 0.857. The Hall–Kier alpha value is -0.125. The summed E-state index contributed by atoms with van der Waals surface area (Å²) in [5.74, 6) is 0. The second-order valence-corrected chi connectivity index (χ2v) is 8.88. The molecule has 3 nitrogen and oxygen atoms in total. The van der Waals surface area contributed by atoms with E-state index in [-0.39, 0.29) is 23.6 Å². The molecule has 5 heteroatoms. The summed E-state index contributed by atoms with van der Waals surface area (Å²) < 4.78 is 24.4. The van der Waals surface area contributed by atoms with E-state index < -0.39 is 10.8 Å². The van der Waals surface area contributed by atoms with Crippen molar-refractivity contribution in [2.45, 2.75) is 75.1 Å². The van der Waals surface area contributed by atoms with Crippen molar-refractivity contribution in [2.75, 3.05) is 0 Å². The summed E-state index contributed by atoms with van der Waals surface area (Å²) in [6.45, 7) is 8.31. The van der Waals surface area contributed by atoms with Gasteiger partial charge in [0.1, 0.15) is 0 Å². The summed E-state index contributed by atoms with van der Waals surface area (Å²) in [5.41, 5.74) is 0.641. The molecule has 3 heterocycles. The Morgan fingerprint density at radius 1 is 1.21 bits per heavy atom. The maximum absolute atomic E-state index is 12.2. The maximum Gasteiger partial charge on any atom is 0.490 e. The van der Waals surface area contributed by atoms with Gasteiger partial charge in [0, 0.05) is 16.0 Å². The first-order valence-electron chi connectivity index (χ1n) is 7.26. The molecule has 3 rings (SSSR count). The molecule has 19 heavy (non-hydrogen) atoms. The summed E-state index contributed by atoms with van der Waals surface area (Å²) in [6.07, 6.45) is 6.38. The van der Waals surface area contributed by atoms with E-state index in [0.29, 0.717) is 5.25 Å². The number of hydrogen-bond acceptors (Lipinski definition) is 3. The standard InChI is InChI=1S/C14H23BO3S/c1-13(2)14(3,4)18-15(17-13)10-8-11-6-5-7-12(9-10)19(11)16/h8,11-12H,5-7,9H2,1-4H3. The van der Waals surface area contributed by atoms with Gasteiger partial charge in [0.2, 0.25) is 0 Å². The second kappa shape index (κ2) is 4.44. The fourth-order valence-electron chi connectivity index (χ4n) is 3.10. The molecule has 0 spiro atoms. The zero-order valence-corrected chi connectivity index (χ0v) is 13.1. The Morgan fingerprint density at radius 3 is 2.42 bits per heavy atom. The van der Waals surface area contributed by atoms with Gasteiger partial charge >= 0.3 is 7.12 Å². The third-order valence-corrected chi connectivity index (χ3v) is 7.09. The first-order valence-corrected chi connectivity index (χ1v) is 8.53. The summed E-state index contributed by atoms with van der Waals surface area (Å²) in [6, 6.07) is 0. The van der Waals surface area contributed by atoms with Crippen LogP contribution in [0.3, 0.4) is 0 Å². The summed E-state index contributed by atoms with van der Waals surface area (Å²) in [7, 11) is -0.928. The lowest BCUT2D eigenvalue weighted by atomic mass is 9.73. The Balaban J connectivity index is 1.83. The van der Waals surface area contributed by atoms with Crippen molar-refractivity contribution < 1.29 is 13.5 Å². The highest BCUT2D eigenvalue weighted by molar-refractivity contribution is 7.86. The molecular weight excluding hydrogens is 259 g/mol. The van der Waals surface area contributed by atoms with E-state index in [1.54, 1.807) is 0 Å². The Morgan fingerprint density at radius 2 is 1.84 bits per heavy atom. The lowest BCUT2D eigenvalue weighted by Gasteiger charge is -2.33. The molecule has 3 atom stereocenters. The van der Waals surface area contributed by atoms with Gasteiger partial charge in [-0.2, -0.15) is 0 Å². The van der Waals surface area contributed by atoms with Crippen molar-refractivity contribution in [3.8, 4) is 0 Å². The van der Waals surface area contributed by atoms with Crippen molar-refractivity contribution >= 4 is 17.9 Å². The molecule has 0 radical (unpaired) electrons. The van der Waals surface area contributed by atoms with Crippen LogP contribution in [0.5, 0.6) is 0 Å². The van der Waals surface area contributed by atoms with Crippen molar-refractivity contribution in [2.24, 2.45) is 0 Å². The minimum atomic E-state index is -0.683. The second-order valence-electron chi connectivity index (χ2n) is 6.95. The van der Waals surface area contributed by atoms with E-state index in [9.17, 15) is 4.21 Å². The van der Waals surface area contributed by atoms with Crippen molar-refractivity contribution in [3.05, 3.63) is 11.5 Å². The lowest BCUT2D eigenvalue weighted by molar-refractivity contribution is 0.00578. The van der Waals surface area contributed by atoms with Crippen molar-refractivity contribution in [1.29, 1.82) is 0 Å². The molecule has 0 aromatic heterocycles. The summed E-state index contributed by atoms with van der Waals surface area (Å²) in [4.78, 5) is 0. The first kappa shape index (κ1) is 13.8. The highest BCUT2D eigenvalue weighted by Gasteiger charge is 2.53. The van der Waals surface area contributed by atoms with Gasteiger partial charge in [-0.05, 0) is 52.4 Å². The van der Waals surface area contributed by atoms with Gasteiger partial charge in [-0.15, -0.1) is 0 Å². The minimum absolute atomic E-state index is 0.224. The molecule has 0 saturated carbocycles.